The van der Waals surface area contributed by atoms with Crippen LogP contribution in [0, 0.1) is 6.92 Å². The summed E-state index contributed by atoms with van der Waals surface area (Å²) in [5.74, 6) is 0. The molecule has 0 saturated heterocycles. The number of hydrogen-bond acceptors (Lipinski definition) is 1. The Morgan fingerprint density at radius 1 is 1.54 bits per heavy atom. The van der Waals surface area contributed by atoms with Crippen molar-refractivity contribution in [3.05, 3.63) is 39.3 Å². The van der Waals surface area contributed by atoms with Gasteiger partial charge >= 0.3 is 0 Å². The van der Waals surface area contributed by atoms with Crippen LogP contribution >= 0.6 is 31.9 Å². The molecule has 0 aliphatic carbocycles. The van der Waals surface area contributed by atoms with Crippen LogP contribution in [-0.4, -0.2) is 6.54 Å². The SMILES string of the molecule is C=C(Br)CNc1ccc(C)cc1Br. The maximum atomic E-state index is 3.76. The first-order valence-corrected chi connectivity index (χ1v) is 5.51. The fourth-order valence-electron chi connectivity index (χ4n) is 0.955. The first kappa shape index (κ1) is 10.8. The maximum Gasteiger partial charge on any atom is 0.0487 e. The Balaban J connectivity index is 2.72. The van der Waals surface area contributed by atoms with Gasteiger partial charge in [0, 0.05) is 21.2 Å². The molecule has 1 N–H and O–H groups in total. The van der Waals surface area contributed by atoms with Gasteiger partial charge in [0.15, 0.2) is 0 Å². The Bertz CT molecular complexity index is 321. The molecular weight excluding hydrogens is 294 g/mol. The molecule has 0 fully saturated rings. The molecule has 0 aliphatic rings. The third-order valence-electron chi connectivity index (χ3n) is 1.60. The number of anilines is 1. The van der Waals surface area contributed by atoms with Gasteiger partial charge in [0.05, 0.1) is 0 Å². The summed E-state index contributed by atoms with van der Waals surface area (Å²) in [5, 5.41) is 3.25. The second kappa shape index (κ2) is 4.82. The molecular formula is C10H11Br2N. The molecule has 0 aromatic heterocycles. The second-order valence-corrected chi connectivity index (χ2v) is 4.83. The van der Waals surface area contributed by atoms with Crippen LogP contribution in [0.1, 0.15) is 5.56 Å². The van der Waals surface area contributed by atoms with Crippen LogP contribution in [0.2, 0.25) is 0 Å². The molecule has 3 heteroatoms. The fourth-order valence-corrected chi connectivity index (χ4v) is 1.73. The Labute approximate surface area is 95.5 Å². The van der Waals surface area contributed by atoms with Gasteiger partial charge in [-0.15, -0.1) is 0 Å². The zero-order chi connectivity index (χ0) is 9.84. The van der Waals surface area contributed by atoms with Crippen LogP contribution < -0.4 is 5.32 Å². The van der Waals surface area contributed by atoms with Gasteiger partial charge in [-0.05, 0) is 40.5 Å². The van der Waals surface area contributed by atoms with E-state index in [0.29, 0.717) is 0 Å². The predicted octanol–water partition coefficient (Wildman–Crippen LogP) is 4.08. The van der Waals surface area contributed by atoms with E-state index in [1.54, 1.807) is 0 Å². The summed E-state index contributed by atoms with van der Waals surface area (Å²) >= 11 is 6.79. The third-order valence-corrected chi connectivity index (χ3v) is 2.53. The Kier molecular flexibility index (Phi) is 4.00. The van der Waals surface area contributed by atoms with Crippen molar-refractivity contribution in [2.24, 2.45) is 0 Å². The Morgan fingerprint density at radius 2 is 2.23 bits per heavy atom. The first-order valence-electron chi connectivity index (χ1n) is 3.93. The van der Waals surface area contributed by atoms with Crippen LogP contribution in [-0.2, 0) is 0 Å². The molecule has 0 heterocycles. The number of halogens is 2. The minimum absolute atomic E-state index is 0.738. The number of rotatable bonds is 3. The van der Waals surface area contributed by atoms with Crippen molar-refractivity contribution >= 4 is 37.5 Å². The normalized spacial score (nSPS) is 9.77. The largest absolute Gasteiger partial charge is 0.380 e. The van der Waals surface area contributed by atoms with E-state index in [2.05, 4.69) is 68.9 Å². The molecule has 0 spiro atoms. The standard InChI is InChI=1S/C10H11Br2N/c1-7-3-4-10(9(12)5-7)13-6-8(2)11/h3-5,13H,2,6H2,1H3. The van der Waals surface area contributed by atoms with Crippen LogP contribution in [0.25, 0.3) is 0 Å². The van der Waals surface area contributed by atoms with E-state index in [1.807, 2.05) is 0 Å². The molecule has 0 amide bonds. The van der Waals surface area contributed by atoms with E-state index >= 15 is 0 Å². The summed E-state index contributed by atoms with van der Waals surface area (Å²) in [6, 6.07) is 6.21. The smallest absolute Gasteiger partial charge is 0.0487 e. The highest BCUT2D eigenvalue weighted by atomic mass is 79.9. The molecule has 0 atom stereocenters. The monoisotopic (exact) mass is 303 g/mol. The van der Waals surface area contributed by atoms with Gasteiger partial charge in [-0.1, -0.05) is 28.6 Å². The topological polar surface area (TPSA) is 12.0 Å². The molecule has 0 unspecified atom stereocenters. The molecule has 0 radical (unpaired) electrons. The molecule has 1 nitrogen and oxygen atoms in total. The summed E-state index contributed by atoms with van der Waals surface area (Å²) in [5.41, 5.74) is 2.33. The van der Waals surface area contributed by atoms with Crippen LogP contribution in [0.5, 0.6) is 0 Å². The van der Waals surface area contributed by atoms with E-state index in [9.17, 15) is 0 Å². The molecule has 1 aromatic carbocycles. The third kappa shape index (κ3) is 3.53. The van der Waals surface area contributed by atoms with E-state index in [1.165, 1.54) is 5.56 Å². The molecule has 1 rings (SSSR count). The summed E-state index contributed by atoms with van der Waals surface area (Å²) in [7, 11) is 0. The molecule has 0 saturated carbocycles. The highest BCUT2D eigenvalue weighted by molar-refractivity contribution is 9.11. The lowest BCUT2D eigenvalue weighted by atomic mass is 10.2. The number of hydrogen-bond donors (Lipinski definition) is 1. The van der Waals surface area contributed by atoms with E-state index < -0.39 is 0 Å². The van der Waals surface area contributed by atoms with Crippen molar-refractivity contribution in [2.75, 3.05) is 11.9 Å². The van der Waals surface area contributed by atoms with Crippen molar-refractivity contribution in [1.29, 1.82) is 0 Å². The summed E-state index contributed by atoms with van der Waals surface area (Å²) < 4.78 is 2.03. The average Bonchev–Trinajstić information content (AvgIpc) is 2.02. The van der Waals surface area contributed by atoms with Crippen LogP contribution in [0.15, 0.2) is 33.7 Å². The highest BCUT2D eigenvalue weighted by Gasteiger charge is 1.98. The lowest BCUT2D eigenvalue weighted by Crippen LogP contribution is -2.01. The van der Waals surface area contributed by atoms with Gasteiger partial charge in [-0.25, -0.2) is 0 Å². The van der Waals surface area contributed by atoms with Crippen molar-refractivity contribution < 1.29 is 0 Å². The van der Waals surface area contributed by atoms with Crippen molar-refractivity contribution in [1.82, 2.24) is 0 Å². The average molecular weight is 305 g/mol. The van der Waals surface area contributed by atoms with Gasteiger partial charge in [0.1, 0.15) is 0 Å². The Morgan fingerprint density at radius 3 is 2.77 bits per heavy atom. The zero-order valence-electron chi connectivity index (χ0n) is 7.40. The summed E-state index contributed by atoms with van der Waals surface area (Å²) in [6.07, 6.45) is 0. The van der Waals surface area contributed by atoms with Crippen LogP contribution in [0.4, 0.5) is 5.69 Å². The molecule has 1 aromatic rings. The van der Waals surface area contributed by atoms with Gasteiger partial charge in [0.25, 0.3) is 0 Å². The minimum Gasteiger partial charge on any atom is -0.380 e. The van der Waals surface area contributed by atoms with E-state index in [0.717, 1.165) is 21.2 Å². The molecule has 70 valence electrons. The predicted molar refractivity (Wildman–Crippen MR) is 65.4 cm³/mol. The van der Waals surface area contributed by atoms with E-state index in [-0.39, 0.29) is 0 Å². The molecule has 13 heavy (non-hydrogen) atoms. The minimum atomic E-state index is 0.738. The maximum absolute atomic E-state index is 3.76. The highest BCUT2D eigenvalue weighted by Crippen LogP contribution is 2.23. The lowest BCUT2D eigenvalue weighted by Gasteiger charge is -2.07. The van der Waals surface area contributed by atoms with E-state index in [4.69, 9.17) is 0 Å². The van der Waals surface area contributed by atoms with Crippen molar-refractivity contribution in [2.45, 2.75) is 6.92 Å². The van der Waals surface area contributed by atoms with Crippen molar-refractivity contribution in [3.63, 3.8) is 0 Å². The first-order chi connectivity index (χ1) is 6.09. The quantitative estimate of drug-likeness (QED) is 0.887. The number of benzene rings is 1. The summed E-state index contributed by atoms with van der Waals surface area (Å²) in [4.78, 5) is 0. The second-order valence-electron chi connectivity index (χ2n) is 2.85. The number of aryl methyl sites for hydroxylation is 1. The van der Waals surface area contributed by atoms with Crippen LogP contribution in [0.3, 0.4) is 0 Å². The lowest BCUT2D eigenvalue weighted by molar-refractivity contribution is 1.31. The fraction of sp³-hybridized carbons (Fsp3) is 0.200. The Hall–Kier alpha value is -0.280. The molecule has 0 bridgehead atoms. The molecule has 0 aliphatic heterocycles. The van der Waals surface area contributed by atoms with Crippen molar-refractivity contribution in [3.8, 4) is 0 Å². The number of nitrogens with one attached hydrogen (secondary N) is 1. The van der Waals surface area contributed by atoms with Gasteiger partial charge in [0.2, 0.25) is 0 Å². The van der Waals surface area contributed by atoms with Gasteiger partial charge in [-0.3, -0.25) is 0 Å². The van der Waals surface area contributed by atoms with Gasteiger partial charge < -0.3 is 5.32 Å². The van der Waals surface area contributed by atoms with Gasteiger partial charge in [-0.2, -0.15) is 0 Å². The zero-order valence-corrected chi connectivity index (χ0v) is 10.6. The summed E-state index contributed by atoms with van der Waals surface area (Å²) in [6.45, 7) is 6.56.